The van der Waals surface area contributed by atoms with E-state index in [0.717, 1.165) is 53.8 Å². The molecule has 0 aliphatic carbocycles. The largest absolute Gasteiger partial charge is 0.493 e. The second kappa shape index (κ2) is 11.8. The molecule has 168 valence electrons. The Labute approximate surface area is 201 Å². The Kier molecular flexibility index (Phi) is 9.42. The third-order valence-electron chi connectivity index (χ3n) is 5.13. The molecule has 0 atom stereocenters. The van der Waals surface area contributed by atoms with E-state index in [1.54, 1.807) is 14.2 Å². The minimum atomic E-state index is 0. The average molecular weight is 537 g/mol. The molecule has 0 fully saturated rings. The smallest absolute Gasteiger partial charge is 0.194 e. The summed E-state index contributed by atoms with van der Waals surface area (Å²) in [6.07, 6.45) is 0.869. The van der Waals surface area contributed by atoms with Gasteiger partial charge in [-0.25, -0.2) is 9.98 Å². The first-order valence-electron chi connectivity index (χ1n) is 10.2. The van der Waals surface area contributed by atoms with Crippen LogP contribution in [0.15, 0.2) is 47.5 Å². The van der Waals surface area contributed by atoms with Crippen LogP contribution in [-0.2, 0) is 20.0 Å². The van der Waals surface area contributed by atoms with Gasteiger partial charge in [-0.2, -0.15) is 0 Å². The molecule has 1 N–H and O–H groups in total. The summed E-state index contributed by atoms with van der Waals surface area (Å²) in [5.74, 6) is 3.30. The minimum Gasteiger partial charge on any atom is -0.493 e. The molecule has 31 heavy (non-hydrogen) atoms. The zero-order chi connectivity index (χ0) is 21.5. The van der Waals surface area contributed by atoms with Crippen molar-refractivity contribution >= 4 is 41.0 Å². The van der Waals surface area contributed by atoms with Gasteiger partial charge >= 0.3 is 0 Å². The summed E-state index contributed by atoms with van der Waals surface area (Å²) in [5.41, 5.74) is 3.30. The zero-order valence-corrected chi connectivity index (χ0v) is 21.2. The van der Waals surface area contributed by atoms with Crippen LogP contribution in [0, 0.1) is 0 Å². The van der Waals surface area contributed by atoms with Crippen molar-refractivity contribution in [1.29, 1.82) is 0 Å². The van der Waals surface area contributed by atoms with Gasteiger partial charge in [0.25, 0.3) is 0 Å². The summed E-state index contributed by atoms with van der Waals surface area (Å²) >= 11 is 0. The van der Waals surface area contributed by atoms with Crippen LogP contribution in [0.2, 0.25) is 0 Å². The first-order chi connectivity index (χ1) is 14.6. The number of aryl methyl sites for hydroxylation is 1. The topological polar surface area (TPSA) is 63.9 Å². The number of benzene rings is 2. The maximum Gasteiger partial charge on any atom is 0.194 e. The highest BCUT2D eigenvalue weighted by atomic mass is 127. The summed E-state index contributed by atoms with van der Waals surface area (Å²) in [7, 11) is 7.39. The van der Waals surface area contributed by atoms with Crippen LogP contribution in [0.4, 0.5) is 0 Å². The van der Waals surface area contributed by atoms with Crippen molar-refractivity contribution in [2.75, 3.05) is 34.4 Å². The Bertz CT molecular complexity index is 1020. The average Bonchev–Trinajstić information content (AvgIpc) is 3.10. The molecular formula is C23H32IN5O2. The van der Waals surface area contributed by atoms with E-state index in [0.29, 0.717) is 6.54 Å². The van der Waals surface area contributed by atoms with Gasteiger partial charge in [-0.05, 0) is 43.2 Å². The molecule has 8 heteroatoms. The van der Waals surface area contributed by atoms with Gasteiger partial charge in [0.2, 0.25) is 0 Å². The highest BCUT2D eigenvalue weighted by Crippen LogP contribution is 2.27. The van der Waals surface area contributed by atoms with Gasteiger partial charge < -0.3 is 24.3 Å². The number of hydrogen-bond acceptors (Lipinski definition) is 4. The fraction of sp³-hybridized carbons (Fsp3) is 0.391. The molecule has 7 nitrogen and oxygen atoms in total. The van der Waals surface area contributed by atoms with Crippen molar-refractivity contribution in [3.8, 4) is 11.5 Å². The molecule has 1 aromatic heterocycles. The van der Waals surface area contributed by atoms with Gasteiger partial charge in [-0.15, -0.1) is 24.0 Å². The van der Waals surface area contributed by atoms with Crippen molar-refractivity contribution in [3.05, 3.63) is 53.9 Å². The molecule has 0 radical (unpaired) electrons. The number of imidazole rings is 1. The molecule has 3 rings (SSSR count). The predicted octanol–water partition coefficient (Wildman–Crippen LogP) is 3.85. The first kappa shape index (κ1) is 24.8. The number of halogens is 1. The fourth-order valence-electron chi connectivity index (χ4n) is 3.39. The maximum atomic E-state index is 5.41. The molecule has 2 aromatic carbocycles. The van der Waals surface area contributed by atoms with Crippen molar-refractivity contribution in [3.63, 3.8) is 0 Å². The highest BCUT2D eigenvalue weighted by molar-refractivity contribution is 14.0. The third kappa shape index (κ3) is 6.03. The molecule has 3 aromatic rings. The molecule has 0 bridgehead atoms. The molecule has 0 spiro atoms. The van der Waals surface area contributed by atoms with Gasteiger partial charge in [-0.3, -0.25) is 0 Å². The molecule has 0 aliphatic heterocycles. The Morgan fingerprint density at radius 3 is 2.55 bits per heavy atom. The lowest BCUT2D eigenvalue weighted by atomic mass is 10.1. The van der Waals surface area contributed by atoms with Gasteiger partial charge in [0.05, 0.1) is 25.3 Å². The number of rotatable bonds is 8. The minimum absolute atomic E-state index is 0. The van der Waals surface area contributed by atoms with Crippen molar-refractivity contribution in [1.82, 2.24) is 19.8 Å². The number of hydrogen-bond donors (Lipinski definition) is 1. The van der Waals surface area contributed by atoms with E-state index in [4.69, 9.17) is 19.5 Å². The van der Waals surface area contributed by atoms with Crippen LogP contribution in [0.1, 0.15) is 18.3 Å². The molecular weight excluding hydrogens is 505 g/mol. The van der Waals surface area contributed by atoms with Crippen LogP contribution in [0.3, 0.4) is 0 Å². The van der Waals surface area contributed by atoms with Crippen molar-refractivity contribution in [2.45, 2.75) is 19.9 Å². The summed E-state index contributed by atoms with van der Waals surface area (Å²) < 4.78 is 12.8. The first-order valence-corrected chi connectivity index (χ1v) is 10.2. The van der Waals surface area contributed by atoms with E-state index in [-0.39, 0.29) is 24.0 Å². The summed E-state index contributed by atoms with van der Waals surface area (Å²) in [5, 5.41) is 3.38. The van der Waals surface area contributed by atoms with Gasteiger partial charge in [0, 0.05) is 27.2 Å². The van der Waals surface area contributed by atoms with Gasteiger partial charge in [0.1, 0.15) is 12.4 Å². The molecule has 0 aliphatic rings. The van der Waals surface area contributed by atoms with Crippen LogP contribution < -0.4 is 14.8 Å². The molecule has 0 saturated heterocycles. The lowest BCUT2D eigenvalue weighted by Gasteiger charge is -2.22. The number of nitrogens with zero attached hydrogens (tertiary/aromatic N) is 4. The predicted molar refractivity (Wildman–Crippen MR) is 137 cm³/mol. The van der Waals surface area contributed by atoms with E-state index >= 15 is 0 Å². The number of ether oxygens (including phenoxy) is 2. The van der Waals surface area contributed by atoms with Crippen LogP contribution in [0.5, 0.6) is 11.5 Å². The van der Waals surface area contributed by atoms with E-state index < -0.39 is 0 Å². The number of guanidine groups is 1. The summed E-state index contributed by atoms with van der Waals surface area (Å²) in [6.45, 7) is 4.23. The Hall–Kier alpha value is -2.49. The number of methoxy groups -OCH3 is 2. The molecule has 1 heterocycles. The normalized spacial score (nSPS) is 11.2. The van der Waals surface area contributed by atoms with Gasteiger partial charge in [-0.1, -0.05) is 18.2 Å². The van der Waals surface area contributed by atoms with Crippen molar-refractivity contribution in [2.24, 2.45) is 12.0 Å². The second-order valence-corrected chi connectivity index (χ2v) is 7.11. The lowest BCUT2D eigenvalue weighted by Crippen LogP contribution is -2.40. The number of fused-ring (bicyclic) bond motifs is 1. The number of likely N-dealkylation sites (N-methyl/N-ethyl adjacent to an activating group) is 1. The second-order valence-electron chi connectivity index (χ2n) is 7.11. The van der Waals surface area contributed by atoms with E-state index in [9.17, 15) is 0 Å². The Morgan fingerprint density at radius 2 is 1.87 bits per heavy atom. The Morgan fingerprint density at radius 1 is 1.13 bits per heavy atom. The van der Waals surface area contributed by atoms with E-state index in [2.05, 4.69) is 40.9 Å². The number of nitrogens with one attached hydrogen (secondary N) is 1. The van der Waals surface area contributed by atoms with Crippen LogP contribution >= 0.6 is 24.0 Å². The molecule has 0 unspecified atom stereocenters. The van der Waals surface area contributed by atoms with Gasteiger partial charge in [0.15, 0.2) is 17.5 Å². The molecule has 0 amide bonds. The number of para-hydroxylation sites is 2. The number of aromatic nitrogens is 2. The van der Waals surface area contributed by atoms with Crippen molar-refractivity contribution < 1.29 is 9.47 Å². The Balaban J connectivity index is 0.00000341. The monoisotopic (exact) mass is 537 g/mol. The molecule has 0 saturated carbocycles. The fourth-order valence-corrected chi connectivity index (χ4v) is 3.39. The SMILES string of the molecule is CCNC(=NCc1nc2ccccc2n1C)N(C)CCc1ccc(OC)c(OC)c1.I. The summed E-state index contributed by atoms with van der Waals surface area (Å²) in [4.78, 5) is 11.7. The highest BCUT2D eigenvalue weighted by Gasteiger charge is 2.10. The third-order valence-corrected chi connectivity index (χ3v) is 5.13. The lowest BCUT2D eigenvalue weighted by molar-refractivity contribution is 0.354. The van der Waals surface area contributed by atoms with Crippen LogP contribution in [0.25, 0.3) is 11.0 Å². The zero-order valence-electron chi connectivity index (χ0n) is 18.9. The standard InChI is InChI=1S/C23H31N5O2.HI/c1-6-24-23(25-16-22-26-18-9-7-8-10-19(18)28(22)3)27(2)14-13-17-11-12-20(29-4)21(15-17)30-5;/h7-12,15H,6,13-14,16H2,1-5H3,(H,24,25);1H. The number of aliphatic imine (C=N–C) groups is 1. The van der Waals surface area contributed by atoms with Crippen LogP contribution in [-0.4, -0.2) is 54.8 Å². The van der Waals surface area contributed by atoms with E-state index in [1.807, 2.05) is 37.4 Å². The quantitative estimate of drug-likeness (QED) is 0.269. The summed E-state index contributed by atoms with van der Waals surface area (Å²) in [6, 6.07) is 14.2. The van der Waals surface area contributed by atoms with E-state index in [1.165, 1.54) is 5.56 Å². The maximum absolute atomic E-state index is 5.41.